The zero-order chi connectivity index (χ0) is 13.7. The van der Waals surface area contributed by atoms with Crippen molar-refractivity contribution in [2.75, 3.05) is 0 Å². The lowest BCUT2D eigenvalue weighted by atomic mass is 10.0. The quantitative estimate of drug-likeness (QED) is 0.317. The molecule has 7 nitrogen and oxygen atoms in total. The minimum absolute atomic E-state index is 0.106. The maximum Gasteiger partial charge on any atom is 0.213 e. The van der Waals surface area contributed by atoms with E-state index in [-0.39, 0.29) is 5.84 Å². The van der Waals surface area contributed by atoms with Crippen LogP contribution in [0.2, 0.25) is 0 Å². The first-order valence-corrected chi connectivity index (χ1v) is 5.74. The number of oxime groups is 1. The van der Waals surface area contributed by atoms with Crippen molar-refractivity contribution in [3.05, 3.63) is 47.1 Å². The second kappa shape index (κ2) is 5.96. The summed E-state index contributed by atoms with van der Waals surface area (Å²) in [5.74, 6) is 0.723. The number of nitrogens with one attached hydrogen (secondary N) is 1. The van der Waals surface area contributed by atoms with Gasteiger partial charge in [-0.1, -0.05) is 22.4 Å². The van der Waals surface area contributed by atoms with Crippen LogP contribution < -0.4 is 11.1 Å². The first-order valence-electron chi connectivity index (χ1n) is 5.74. The number of aryl methyl sites for hydroxylation is 1. The lowest BCUT2D eigenvalue weighted by Gasteiger charge is -2.08. The first kappa shape index (κ1) is 13.0. The Morgan fingerprint density at radius 2 is 2.32 bits per heavy atom. The molecule has 0 radical (unpaired) electrons. The van der Waals surface area contributed by atoms with Crippen molar-refractivity contribution in [3.8, 4) is 0 Å². The van der Waals surface area contributed by atoms with Crippen molar-refractivity contribution in [2.24, 2.45) is 10.9 Å². The highest BCUT2D eigenvalue weighted by Crippen LogP contribution is 2.11. The van der Waals surface area contributed by atoms with Crippen LogP contribution in [-0.4, -0.2) is 21.2 Å². The van der Waals surface area contributed by atoms with Gasteiger partial charge >= 0.3 is 0 Å². The molecule has 0 atom stereocenters. The summed E-state index contributed by atoms with van der Waals surface area (Å²) in [5, 5.41) is 18.5. The minimum atomic E-state index is 0.106. The minimum Gasteiger partial charge on any atom is -0.409 e. The van der Waals surface area contributed by atoms with Gasteiger partial charge in [-0.05, 0) is 24.1 Å². The van der Waals surface area contributed by atoms with Gasteiger partial charge in [-0.15, -0.1) is 0 Å². The van der Waals surface area contributed by atoms with E-state index in [1.54, 1.807) is 0 Å². The van der Waals surface area contributed by atoms with E-state index < -0.39 is 0 Å². The largest absolute Gasteiger partial charge is 0.409 e. The van der Waals surface area contributed by atoms with Crippen molar-refractivity contribution in [1.29, 1.82) is 0 Å². The standard InChI is InChI=1S/C12H15N5O2/c1-8-4-9(12(13)16-18)2-3-10(8)5-14-6-11-15-7-19-17-11/h2-4,7,14,18H,5-6H2,1H3,(H2,13,16). The monoisotopic (exact) mass is 261 g/mol. The summed E-state index contributed by atoms with van der Waals surface area (Å²) >= 11 is 0. The Hall–Kier alpha value is -2.41. The summed E-state index contributed by atoms with van der Waals surface area (Å²) in [5.41, 5.74) is 8.41. The van der Waals surface area contributed by atoms with Gasteiger partial charge in [0.1, 0.15) is 0 Å². The van der Waals surface area contributed by atoms with Crippen molar-refractivity contribution < 1.29 is 9.73 Å². The number of aromatic nitrogens is 2. The molecule has 0 bridgehead atoms. The number of hydrogen-bond donors (Lipinski definition) is 3. The SMILES string of the molecule is Cc1cc(/C(N)=N/O)ccc1CNCc1ncon1. The third kappa shape index (κ3) is 3.29. The highest BCUT2D eigenvalue weighted by atomic mass is 16.5. The normalized spacial score (nSPS) is 11.7. The van der Waals surface area contributed by atoms with Gasteiger partial charge in [0.05, 0.1) is 6.54 Å². The van der Waals surface area contributed by atoms with E-state index in [2.05, 4.69) is 25.1 Å². The van der Waals surface area contributed by atoms with E-state index in [0.717, 1.165) is 11.1 Å². The number of nitrogens with zero attached hydrogens (tertiary/aromatic N) is 3. The molecule has 19 heavy (non-hydrogen) atoms. The van der Waals surface area contributed by atoms with E-state index in [4.69, 9.17) is 10.9 Å². The van der Waals surface area contributed by atoms with Gasteiger partial charge in [-0.2, -0.15) is 4.98 Å². The van der Waals surface area contributed by atoms with Gasteiger partial charge in [0.15, 0.2) is 11.7 Å². The summed E-state index contributed by atoms with van der Waals surface area (Å²) in [6, 6.07) is 5.62. The Labute approximate surface area is 110 Å². The molecule has 100 valence electrons. The fourth-order valence-electron chi connectivity index (χ4n) is 1.69. The maximum absolute atomic E-state index is 8.62. The Bertz CT molecular complexity index is 566. The first-order chi connectivity index (χ1) is 9.20. The lowest BCUT2D eigenvalue weighted by Crippen LogP contribution is -2.16. The maximum atomic E-state index is 8.62. The summed E-state index contributed by atoms with van der Waals surface area (Å²) in [6.07, 6.45) is 1.30. The number of hydrogen-bond acceptors (Lipinski definition) is 6. The average Bonchev–Trinajstić information content (AvgIpc) is 2.93. The van der Waals surface area contributed by atoms with Gasteiger partial charge < -0.3 is 20.8 Å². The van der Waals surface area contributed by atoms with Gasteiger partial charge in [-0.3, -0.25) is 0 Å². The van der Waals surface area contributed by atoms with Crippen LogP contribution in [0.4, 0.5) is 0 Å². The smallest absolute Gasteiger partial charge is 0.213 e. The number of rotatable bonds is 5. The molecule has 0 aliphatic heterocycles. The van der Waals surface area contributed by atoms with Crippen LogP contribution in [0.5, 0.6) is 0 Å². The molecule has 7 heteroatoms. The van der Waals surface area contributed by atoms with E-state index in [1.165, 1.54) is 6.39 Å². The predicted molar refractivity (Wildman–Crippen MR) is 68.5 cm³/mol. The van der Waals surface area contributed by atoms with Crippen LogP contribution in [0.25, 0.3) is 0 Å². The third-order valence-electron chi connectivity index (χ3n) is 2.75. The molecule has 0 saturated carbocycles. The summed E-state index contributed by atoms with van der Waals surface area (Å²) in [7, 11) is 0. The zero-order valence-corrected chi connectivity index (χ0v) is 10.5. The van der Waals surface area contributed by atoms with Crippen LogP contribution in [-0.2, 0) is 13.1 Å². The van der Waals surface area contributed by atoms with E-state index in [1.807, 2.05) is 25.1 Å². The zero-order valence-electron chi connectivity index (χ0n) is 10.5. The molecule has 0 spiro atoms. The van der Waals surface area contributed by atoms with Crippen LogP contribution in [0, 0.1) is 6.92 Å². The summed E-state index contributed by atoms with van der Waals surface area (Å²) in [6.45, 7) is 3.19. The van der Waals surface area contributed by atoms with Gasteiger partial charge in [0.25, 0.3) is 0 Å². The number of benzene rings is 1. The summed E-state index contributed by atoms with van der Waals surface area (Å²) < 4.78 is 4.64. The molecular formula is C12H15N5O2. The fourth-order valence-corrected chi connectivity index (χ4v) is 1.69. The fraction of sp³-hybridized carbons (Fsp3) is 0.250. The lowest BCUT2D eigenvalue weighted by molar-refractivity contribution is 0.318. The second-order valence-electron chi connectivity index (χ2n) is 4.08. The van der Waals surface area contributed by atoms with Gasteiger partial charge in [-0.25, -0.2) is 0 Å². The molecule has 0 saturated heterocycles. The molecule has 0 aliphatic carbocycles. The molecule has 4 N–H and O–H groups in total. The molecule has 1 aromatic carbocycles. The van der Waals surface area contributed by atoms with Crippen LogP contribution >= 0.6 is 0 Å². The van der Waals surface area contributed by atoms with Crippen LogP contribution in [0.3, 0.4) is 0 Å². The van der Waals surface area contributed by atoms with Crippen molar-refractivity contribution in [3.63, 3.8) is 0 Å². The van der Waals surface area contributed by atoms with Crippen LogP contribution in [0.1, 0.15) is 22.5 Å². The average molecular weight is 261 g/mol. The van der Waals surface area contributed by atoms with Gasteiger partial charge in [0.2, 0.25) is 6.39 Å². The van der Waals surface area contributed by atoms with E-state index >= 15 is 0 Å². The highest BCUT2D eigenvalue weighted by Gasteiger charge is 2.04. The molecule has 0 amide bonds. The highest BCUT2D eigenvalue weighted by molar-refractivity contribution is 5.97. The number of amidine groups is 1. The Morgan fingerprint density at radius 1 is 1.47 bits per heavy atom. The Morgan fingerprint density at radius 3 is 2.95 bits per heavy atom. The van der Waals surface area contributed by atoms with Gasteiger partial charge in [0, 0.05) is 12.1 Å². The molecule has 2 rings (SSSR count). The van der Waals surface area contributed by atoms with Crippen molar-refractivity contribution in [1.82, 2.24) is 15.5 Å². The molecule has 1 aromatic heterocycles. The Balaban J connectivity index is 1.97. The predicted octanol–water partition coefficient (Wildman–Crippen LogP) is 0.762. The van der Waals surface area contributed by atoms with E-state index in [9.17, 15) is 0 Å². The topological polar surface area (TPSA) is 110 Å². The molecule has 0 unspecified atom stereocenters. The van der Waals surface area contributed by atoms with Crippen molar-refractivity contribution >= 4 is 5.84 Å². The Kier molecular flexibility index (Phi) is 4.09. The summed E-state index contributed by atoms with van der Waals surface area (Å²) in [4.78, 5) is 3.92. The molecule has 0 aliphatic rings. The molecule has 2 aromatic rings. The molecular weight excluding hydrogens is 246 g/mol. The second-order valence-corrected chi connectivity index (χ2v) is 4.08. The number of nitrogens with two attached hydrogens (primary N) is 1. The third-order valence-corrected chi connectivity index (χ3v) is 2.75. The molecule has 1 heterocycles. The van der Waals surface area contributed by atoms with Crippen LogP contribution in [0.15, 0.2) is 34.3 Å². The van der Waals surface area contributed by atoms with E-state index in [0.29, 0.717) is 24.5 Å². The van der Waals surface area contributed by atoms with Crippen molar-refractivity contribution in [2.45, 2.75) is 20.0 Å². The molecule has 0 fully saturated rings.